The van der Waals surface area contributed by atoms with Crippen LogP contribution in [0.2, 0.25) is 0 Å². The average Bonchev–Trinajstić information content (AvgIpc) is 3.54. The molecule has 0 saturated carbocycles. The quantitative estimate of drug-likeness (QED) is 0.368. The molecule has 0 bridgehead atoms. The molecule has 2 fully saturated rings. The van der Waals surface area contributed by atoms with Crippen LogP contribution in [0.4, 0.5) is 23.2 Å². The molecule has 43 heavy (non-hydrogen) atoms. The van der Waals surface area contributed by atoms with Crippen LogP contribution in [0.25, 0.3) is 11.3 Å². The number of amides is 1. The van der Waals surface area contributed by atoms with E-state index in [1.165, 1.54) is 12.1 Å². The number of benzene rings is 1. The molecule has 7 nitrogen and oxygen atoms in total. The first-order chi connectivity index (χ1) is 20.7. The Morgan fingerprint density at radius 3 is 2.70 bits per heavy atom. The monoisotopic (exact) mass is 597 g/mol. The number of ether oxygens (including phenoxy) is 1. The highest BCUT2D eigenvalue weighted by atomic mass is 19.4. The van der Waals surface area contributed by atoms with Crippen molar-refractivity contribution < 1.29 is 27.1 Å². The highest BCUT2D eigenvalue weighted by Gasteiger charge is 2.52. The fourth-order valence-electron chi connectivity index (χ4n) is 7.24. The predicted octanol–water partition coefficient (Wildman–Crippen LogP) is 5.69. The van der Waals surface area contributed by atoms with E-state index >= 15 is 0 Å². The molecule has 1 amide bonds. The second kappa shape index (κ2) is 11.4. The van der Waals surface area contributed by atoms with Crippen molar-refractivity contribution in [1.82, 2.24) is 20.2 Å². The SMILES string of the molecule is CCOc1ncccc1-c1ccc2c(n1)C(=O)N([C@H]1CCNC1)CC21CCN(c2cccc(F)c2C(F)(F)F)CC1CC. The van der Waals surface area contributed by atoms with Gasteiger partial charge in [0.05, 0.1) is 23.6 Å². The minimum atomic E-state index is -4.82. The maximum Gasteiger partial charge on any atom is 0.421 e. The molecule has 1 spiro atoms. The first-order valence-corrected chi connectivity index (χ1v) is 14.9. The van der Waals surface area contributed by atoms with Gasteiger partial charge in [0.2, 0.25) is 5.88 Å². The molecule has 0 radical (unpaired) electrons. The zero-order chi connectivity index (χ0) is 30.4. The molecule has 6 rings (SSSR count). The molecule has 3 aliphatic rings. The maximum absolute atomic E-state index is 14.5. The van der Waals surface area contributed by atoms with Crippen molar-refractivity contribution in [1.29, 1.82) is 0 Å². The van der Waals surface area contributed by atoms with Gasteiger partial charge in [0.25, 0.3) is 5.91 Å². The van der Waals surface area contributed by atoms with Crippen LogP contribution in [0.5, 0.6) is 5.88 Å². The average molecular weight is 598 g/mol. The molecule has 3 aromatic rings. The molecule has 2 saturated heterocycles. The minimum absolute atomic E-state index is 0.00375. The lowest BCUT2D eigenvalue weighted by atomic mass is 9.62. The van der Waals surface area contributed by atoms with E-state index in [1.54, 1.807) is 17.2 Å². The van der Waals surface area contributed by atoms with E-state index < -0.39 is 23.0 Å². The number of rotatable bonds is 6. The lowest BCUT2D eigenvalue weighted by Crippen LogP contribution is -2.61. The van der Waals surface area contributed by atoms with Crippen molar-refractivity contribution in [2.24, 2.45) is 5.92 Å². The van der Waals surface area contributed by atoms with E-state index in [0.717, 1.165) is 24.6 Å². The summed E-state index contributed by atoms with van der Waals surface area (Å²) in [6.45, 7) is 6.85. The smallest absolute Gasteiger partial charge is 0.421 e. The maximum atomic E-state index is 14.5. The van der Waals surface area contributed by atoms with Crippen LogP contribution < -0.4 is 15.0 Å². The number of nitrogens with zero attached hydrogens (tertiary/aromatic N) is 4. The van der Waals surface area contributed by atoms with Crippen LogP contribution in [0, 0.1) is 11.7 Å². The second-order valence-corrected chi connectivity index (χ2v) is 11.6. The number of aromatic nitrogens is 2. The zero-order valence-electron chi connectivity index (χ0n) is 24.3. The van der Waals surface area contributed by atoms with Crippen LogP contribution in [-0.4, -0.2) is 66.1 Å². The summed E-state index contributed by atoms with van der Waals surface area (Å²) in [5.74, 6) is -1.09. The van der Waals surface area contributed by atoms with Crippen LogP contribution in [0.3, 0.4) is 0 Å². The molecule has 3 atom stereocenters. The van der Waals surface area contributed by atoms with Gasteiger partial charge in [0.15, 0.2) is 0 Å². The van der Waals surface area contributed by atoms with Gasteiger partial charge in [-0.25, -0.2) is 14.4 Å². The first kappa shape index (κ1) is 29.3. The van der Waals surface area contributed by atoms with Gasteiger partial charge in [0, 0.05) is 43.8 Å². The van der Waals surface area contributed by atoms with Gasteiger partial charge >= 0.3 is 6.18 Å². The largest absolute Gasteiger partial charge is 0.477 e. The van der Waals surface area contributed by atoms with Crippen LogP contribution in [0.15, 0.2) is 48.7 Å². The molecule has 0 aliphatic carbocycles. The molecular weight excluding hydrogens is 562 g/mol. The second-order valence-electron chi connectivity index (χ2n) is 11.6. The van der Waals surface area contributed by atoms with Crippen LogP contribution in [0.1, 0.15) is 54.7 Å². The molecule has 5 heterocycles. The van der Waals surface area contributed by atoms with Gasteiger partial charge < -0.3 is 19.9 Å². The van der Waals surface area contributed by atoms with Crippen molar-refractivity contribution in [3.8, 4) is 17.1 Å². The molecule has 1 aromatic carbocycles. The molecule has 228 valence electrons. The Morgan fingerprint density at radius 2 is 1.98 bits per heavy atom. The normalized spacial score (nSPS) is 24.0. The van der Waals surface area contributed by atoms with Gasteiger partial charge in [-0.05, 0) is 68.1 Å². The van der Waals surface area contributed by atoms with Gasteiger partial charge in [0.1, 0.15) is 17.1 Å². The molecule has 1 N–H and O–H groups in total. The van der Waals surface area contributed by atoms with Crippen molar-refractivity contribution in [2.75, 3.05) is 44.2 Å². The van der Waals surface area contributed by atoms with E-state index in [9.17, 15) is 22.4 Å². The topological polar surface area (TPSA) is 70.6 Å². The van der Waals surface area contributed by atoms with Gasteiger partial charge in [-0.2, -0.15) is 13.2 Å². The number of hydrogen-bond donors (Lipinski definition) is 1. The predicted molar refractivity (Wildman–Crippen MR) is 155 cm³/mol. The summed E-state index contributed by atoms with van der Waals surface area (Å²) in [7, 11) is 0. The van der Waals surface area contributed by atoms with E-state index in [4.69, 9.17) is 9.72 Å². The molecule has 11 heteroatoms. The van der Waals surface area contributed by atoms with Crippen molar-refractivity contribution >= 4 is 11.6 Å². The summed E-state index contributed by atoms with van der Waals surface area (Å²) in [5.41, 5.74) is 0.561. The minimum Gasteiger partial charge on any atom is -0.477 e. The molecule has 2 unspecified atom stereocenters. The summed E-state index contributed by atoms with van der Waals surface area (Å²) >= 11 is 0. The van der Waals surface area contributed by atoms with E-state index in [-0.39, 0.29) is 30.1 Å². The third-order valence-electron chi connectivity index (χ3n) is 9.31. The summed E-state index contributed by atoms with van der Waals surface area (Å²) in [4.78, 5) is 27.0. The fourth-order valence-corrected chi connectivity index (χ4v) is 7.24. The highest BCUT2D eigenvalue weighted by molar-refractivity contribution is 5.96. The Hall–Kier alpha value is -3.73. The van der Waals surface area contributed by atoms with Gasteiger partial charge in [-0.3, -0.25) is 4.79 Å². The number of carbonyl (C=O) groups is 1. The first-order valence-electron chi connectivity index (χ1n) is 14.9. The molecule has 2 aromatic heterocycles. The lowest BCUT2D eigenvalue weighted by molar-refractivity contribution is -0.139. The Balaban J connectivity index is 1.44. The summed E-state index contributed by atoms with van der Waals surface area (Å²) in [5, 5.41) is 3.35. The summed E-state index contributed by atoms with van der Waals surface area (Å²) < 4.78 is 62.2. The van der Waals surface area contributed by atoms with Gasteiger partial charge in [-0.1, -0.05) is 25.5 Å². The molecular formula is C32H35F4N5O2. The lowest BCUT2D eigenvalue weighted by Gasteiger charge is -2.54. The number of fused-ring (bicyclic) bond motifs is 2. The number of hydrogen-bond acceptors (Lipinski definition) is 6. The third-order valence-corrected chi connectivity index (χ3v) is 9.31. The highest BCUT2D eigenvalue weighted by Crippen LogP contribution is 2.49. The number of anilines is 1. The standard InChI is InChI=1S/C32H35F4N5O2/c1-3-20-18-40(26-9-5-8-24(33)27(26)32(34,35)36)16-13-31(20)19-41(21-12-15-37-17-21)30(42)28-23(31)10-11-25(39-28)22-7-6-14-38-29(22)43-4-2/h5-11,14,20-21,37H,3-4,12-13,15-19H2,1-2H3/t20?,21-,31?/m0/s1. The van der Waals surface area contributed by atoms with Crippen molar-refractivity contribution in [3.63, 3.8) is 0 Å². The molecule has 3 aliphatic heterocycles. The Bertz CT molecular complexity index is 1510. The third kappa shape index (κ3) is 5.11. The number of alkyl halides is 3. The van der Waals surface area contributed by atoms with Crippen molar-refractivity contribution in [2.45, 2.75) is 50.7 Å². The van der Waals surface area contributed by atoms with E-state index in [1.807, 2.05) is 36.9 Å². The van der Waals surface area contributed by atoms with Crippen molar-refractivity contribution in [3.05, 3.63) is 71.3 Å². The Labute approximate surface area is 248 Å². The van der Waals surface area contributed by atoms with E-state index in [0.29, 0.717) is 61.9 Å². The number of nitrogens with one attached hydrogen (secondary N) is 1. The number of piperidine rings is 1. The number of pyridine rings is 2. The number of carbonyl (C=O) groups excluding carboxylic acids is 1. The Kier molecular flexibility index (Phi) is 7.78. The summed E-state index contributed by atoms with van der Waals surface area (Å²) in [6.07, 6.45) is -1.20. The van der Waals surface area contributed by atoms with Gasteiger partial charge in [-0.15, -0.1) is 0 Å². The fraction of sp³-hybridized carbons (Fsp3) is 0.469. The Morgan fingerprint density at radius 1 is 1.14 bits per heavy atom. The summed E-state index contributed by atoms with van der Waals surface area (Å²) in [6, 6.07) is 11.0. The van der Waals surface area contributed by atoms with Crippen LogP contribution in [-0.2, 0) is 11.6 Å². The number of halogens is 4. The van der Waals surface area contributed by atoms with E-state index in [2.05, 4.69) is 10.3 Å². The zero-order valence-corrected chi connectivity index (χ0v) is 24.3. The van der Waals surface area contributed by atoms with Crippen LogP contribution >= 0.6 is 0 Å².